The highest BCUT2D eigenvalue weighted by Crippen LogP contribution is 2.29. The zero-order valence-corrected chi connectivity index (χ0v) is 13.1. The van der Waals surface area contributed by atoms with E-state index >= 15 is 0 Å². The van der Waals surface area contributed by atoms with Gasteiger partial charge in [0.25, 0.3) is 0 Å². The average Bonchev–Trinajstić information content (AvgIpc) is 2.71. The van der Waals surface area contributed by atoms with E-state index in [2.05, 4.69) is 85.8 Å². The molecule has 0 amide bonds. The Morgan fingerprint density at radius 1 is 1.06 bits per heavy atom. The molecular weight excluding hydrogens is 354 g/mol. The Morgan fingerprint density at radius 3 is 2.56 bits per heavy atom. The summed E-state index contributed by atoms with van der Waals surface area (Å²) in [4.78, 5) is 0. The van der Waals surface area contributed by atoms with Crippen molar-refractivity contribution < 1.29 is 0 Å². The van der Waals surface area contributed by atoms with Crippen molar-refractivity contribution >= 4 is 40.9 Å². The molecule has 0 aromatic heterocycles. The molecule has 3 rings (SSSR count). The van der Waals surface area contributed by atoms with Crippen LogP contribution in [0.25, 0.3) is 14.5 Å². The van der Waals surface area contributed by atoms with Crippen LogP contribution in [-0.4, -0.2) is 6.54 Å². The summed E-state index contributed by atoms with van der Waals surface area (Å²) in [5.74, 6) is 0. The van der Waals surface area contributed by atoms with Crippen molar-refractivity contribution in [1.82, 2.24) is 4.58 Å². The van der Waals surface area contributed by atoms with Crippen LogP contribution in [0.4, 0.5) is 5.69 Å². The van der Waals surface area contributed by atoms with E-state index in [-0.39, 0.29) is 0 Å². The van der Waals surface area contributed by atoms with E-state index in [1.807, 2.05) is 0 Å². The number of fused-ring (bicyclic) bond motifs is 3. The van der Waals surface area contributed by atoms with Crippen LogP contribution in [0.5, 0.6) is 0 Å². The third kappa shape index (κ3) is 1.77. The van der Waals surface area contributed by atoms with Gasteiger partial charge in [0.05, 0.1) is 14.5 Å². The summed E-state index contributed by atoms with van der Waals surface area (Å²) in [5, 5.41) is 2.46. The third-order valence-corrected chi connectivity index (χ3v) is 4.22. The van der Waals surface area contributed by atoms with Gasteiger partial charge in [0.2, 0.25) is 11.0 Å². The van der Waals surface area contributed by atoms with Gasteiger partial charge < -0.3 is 0 Å². The Bertz CT molecular complexity index is 743. The Balaban J connectivity index is 2.44. The Kier molecular flexibility index (Phi) is 3.12. The van der Waals surface area contributed by atoms with Crippen LogP contribution in [0.1, 0.15) is 6.92 Å². The zero-order chi connectivity index (χ0) is 12.7. The first kappa shape index (κ1) is 12.1. The second kappa shape index (κ2) is 4.63. The molecule has 1 aliphatic rings. The van der Waals surface area contributed by atoms with Crippen molar-refractivity contribution in [3.63, 3.8) is 0 Å². The van der Waals surface area contributed by atoms with Crippen molar-refractivity contribution in [2.45, 2.75) is 6.92 Å². The van der Waals surface area contributed by atoms with E-state index in [1.54, 1.807) is 0 Å². The predicted octanol–water partition coefficient (Wildman–Crippen LogP) is 3.37. The molecule has 0 fully saturated rings. The summed E-state index contributed by atoms with van der Waals surface area (Å²) in [6, 6.07) is 15.1. The predicted molar refractivity (Wildman–Crippen MR) is 83.8 cm³/mol. The van der Waals surface area contributed by atoms with Crippen LogP contribution in [-0.2, 0) is 0 Å². The van der Waals surface area contributed by atoms with Crippen LogP contribution >= 0.6 is 31.9 Å². The van der Waals surface area contributed by atoms with Gasteiger partial charge in [-0.05, 0) is 62.2 Å². The first-order chi connectivity index (χ1) is 8.72. The number of hydrogen-bond acceptors (Lipinski definition) is 0. The molecule has 3 heteroatoms. The zero-order valence-electron chi connectivity index (χ0n) is 9.95. The number of rotatable bonds is 1. The summed E-state index contributed by atoms with van der Waals surface area (Å²) in [5.41, 5.74) is 3.93. The summed E-state index contributed by atoms with van der Waals surface area (Å²) in [6.45, 7) is 3.18. The molecule has 1 heterocycles. The molecule has 0 N–H and O–H groups in total. The molecule has 90 valence electrons. The second-order valence-corrected chi connectivity index (χ2v) is 6.90. The molecule has 0 atom stereocenters. The SMILES string of the molecule is CC[N+]1=c2ccc(=C(Br)Br)cc2-c2ccccc21. The number of halogens is 2. The van der Waals surface area contributed by atoms with Gasteiger partial charge >= 0.3 is 0 Å². The van der Waals surface area contributed by atoms with Crippen molar-refractivity contribution in [2.24, 2.45) is 0 Å². The van der Waals surface area contributed by atoms with E-state index < -0.39 is 0 Å². The lowest BCUT2D eigenvalue weighted by atomic mass is 10.1. The fraction of sp³-hybridized carbons (Fsp3) is 0.133. The Morgan fingerprint density at radius 2 is 1.83 bits per heavy atom. The Hall–Kier alpha value is -0.930. The molecule has 2 aromatic carbocycles. The van der Waals surface area contributed by atoms with Gasteiger partial charge in [-0.3, -0.25) is 0 Å². The van der Waals surface area contributed by atoms with Gasteiger partial charge in [-0.15, -0.1) is 0 Å². The molecule has 18 heavy (non-hydrogen) atoms. The summed E-state index contributed by atoms with van der Waals surface area (Å²) >= 11 is 6.97. The third-order valence-electron chi connectivity index (χ3n) is 3.31. The molecule has 0 radical (unpaired) electrons. The lowest BCUT2D eigenvalue weighted by molar-refractivity contribution is 0.788. The normalized spacial score (nSPS) is 12.3. The lowest BCUT2D eigenvalue weighted by Gasteiger charge is -1.96. The van der Waals surface area contributed by atoms with Crippen molar-refractivity contribution in [2.75, 3.05) is 6.54 Å². The van der Waals surface area contributed by atoms with Crippen molar-refractivity contribution in [3.05, 3.63) is 53.0 Å². The first-order valence-electron chi connectivity index (χ1n) is 5.91. The maximum absolute atomic E-state index is 3.48. The van der Waals surface area contributed by atoms with E-state index in [9.17, 15) is 0 Å². The second-order valence-electron chi connectivity index (χ2n) is 4.25. The highest BCUT2D eigenvalue weighted by molar-refractivity contribution is 9.33. The number of nitrogens with zero attached hydrogens (tertiary/aromatic N) is 1. The minimum Gasteiger partial charge on any atom is -0.192 e. The van der Waals surface area contributed by atoms with Crippen molar-refractivity contribution in [3.8, 4) is 11.1 Å². The smallest absolute Gasteiger partial charge is 0.192 e. The summed E-state index contributed by atoms with van der Waals surface area (Å²) < 4.78 is 3.35. The molecule has 0 saturated carbocycles. The number of para-hydroxylation sites is 1. The van der Waals surface area contributed by atoms with E-state index in [4.69, 9.17) is 0 Å². The van der Waals surface area contributed by atoms with E-state index in [0.717, 1.165) is 9.94 Å². The highest BCUT2D eigenvalue weighted by atomic mass is 79.9. The molecule has 0 bridgehead atoms. The molecule has 0 aliphatic carbocycles. The lowest BCUT2D eigenvalue weighted by Crippen LogP contribution is -2.23. The maximum Gasteiger partial charge on any atom is 0.213 e. The van der Waals surface area contributed by atoms with Gasteiger partial charge in [-0.1, -0.05) is 12.1 Å². The topological polar surface area (TPSA) is 3.01 Å². The molecule has 0 saturated heterocycles. The van der Waals surface area contributed by atoms with Crippen LogP contribution in [0.2, 0.25) is 0 Å². The quantitative estimate of drug-likeness (QED) is 0.681. The molecule has 0 unspecified atom stereocenters. The van der Waals surface area contributed by atoms with E-state index in [0.29, 0.717) is 0 Å². The highest BCUT2D eigenvalue weighted by Gasteiger charge is 2.25. The van der Waals surface area contributed by atoms with E-state index in [1.165, 1.54) is 27.4 Å². The molecule has 0 spiro atoms. The standard InChI is InChI=1S/C15H12Br2N/c1-2-18-13-6-4-3-5-11(13)12-9-10(15(16)17)7-8-14(12)18/h3-9H,2H2,1H3/q+1. The van der Waals surface area contributed by atoms with Gasteiger partial charge in [-0.25, -0.2) is 0 Å². The fourth-order valence-corrected chi connectivity index (χ4v) is 3.01. The minimum absolute atomic E-state index is 0.989. The molecule has 1 aliphatic heterocycles. The fourth-order valence-electron chi connectivity index (χ4n) is 2.51. The van der Waals surface area contributed by atoms with Gasteiger partial charge in [0.1, 0.15) is 6.54 Å². The monoisotopic (exact) mass is 364 g/mol. The van der Waals surface area contributed by atoms with Crippen LogP contribution < -0.4 is 15.2 Å². The van der Waals surface area contributed by atoms with Gasteiger partial charge in [0.15, 0.2) is 0 Å². The molecular formula is C15H12Br2N+. The van der Waals surface area contributed by atoms with Crippen LogP contribution in [0, 0.1) is 0 Å². The van der Waals surface area contributed by atoms with Crippen molar-refractivity contribution in [1.29, 1.82) is 0 Å². The number of benzene rings is 2. The van der Waals surface area contributed by atoms with Gasteiger partial charge in [0, 0.05) is 12.1 Å². The van der Waals surface area contributed by atoms with Crippen LogP contribution in [0.3, 0.4) is 0 Å². The average molecular weight is 366 g/mol. The largest absolute Gasteiger partial charge is 0.213 e. The number of hydrogen-bond donors (Lipinski definition) is 0. The maximum atomic E-state index is 3.48. The molecule has 1 nitrogen and oxygen atoms in total. The van der Waals surface area contributed by atoms with Gasteiger partial charge in [-0.2, -0.15) is 4.58 Å². The minimum atomic E-state index is 0.989. The first-order valence-corrected chi connectivity index (χ1v) is 7.50. The Labute approximate surface area is 123 Å². The summed E-state index contributed by atoms with van der Waals surface area (Å²) in [7, 11) is 0. The summed E-state index contributed by atoms with van der Waals surface area (Å²) in [6.07, 6.45) is 0. The van der Waals surface area contributed by atoms with Crippen LogP contribution in [0.15, 0.2) is 42.5 Å². The molecule has 2 aromatic rings.